The molecule has 0 atom stereocenters. The Kier molecular flexibility index (Phi) is 2.88. The Hall–Kier alpha value is -1.87. The van der Waals surface area contributed by atoms with Gasteiger partial charge in [-0.15, -0.1) is 21.6 Å². The van der Waals surface area contributed by atoms with Gasteiger partial charge >= 0.3 is 0 Å². The first-order chi connectivity index (χ1) is 7.66. The van der Waals surface area contributed by atoms with Crippen molar-refractivity contribution >= 4 is 34.4 Å². The van der Waals surface area contributed by atoms with Crippen LogP contribution in [-0.2, 0) is 0 Å². The molecule has 0 radical (unpaired) electrons. The Labute approximate surface area is 97.5 Å². The Morgan fingerprint density at radius 1 is 1.44 bits per heavy atom. The van der Waals surface area contributed by atoms with E-state index in [4.69, 9.17) is 0 Å². The second-order valence-electron chi connectivity index (χ2n) is 2.62. The van der Waals surface area contributed by atoms with Gasteiger partial charge in [0.25, 0.3) is 5.56 Å². The fourth-order valence-corrected chi connectivity index (χ4v) is 1.56. The summed E-state index contributed by atoms with van der Waals surface area (Å²) in [5.74, 6) is -0.422. The largest absolute Gasteiger partial charge is 0.493 e. The van der Waals surface area contributed by atoms with Crippen LogP contribution >= 0.6 is 23.6 Å². The number of aromatic amines is 2. The quantitative estimate of drug-likeness (QED) is 0.563. The van der Waals surface area contributed by atoms with E-state index in [2.05, 4.69) is 37.4 Å². The summed E-state index contributed by atoms with van der Waals surface area (Å²) in [5.41, 5.74) is -0.842. The highest BCUT2D eigenvalue weighted by atomic mass is 32.1. The molecule has 0 unspecified atom stereocenters. The number of hydrogen-bond donors (Lipinski definition) is 3. The minimum absolute atomic E-state index is 0.0238. The first-order valence-electron chi connectivity index (χ1n) is 4.03. The lowest BCUT2D eigenvalue weighted by Gasteiger charge is -1.94. The molecule has 0 saturated carbocycles. The van der Waals surface area contributed by atoms with E-state index in [1.807, 2.05) is 0 Å². The van der Waals surface area contributed by atoms with Crippen LogP contribution in [0.15, 0.2) is 26.6 Å². The van der Waals surface area contributed by atoms with Crippen LogP contribution < -0.4 is 5.56 Å². The molecule has 2 heterocycles. The summed E-state index contributed by atoms with van der Waals surface area (Å²) in [6.45, 7) is 0. The molecule has 0 aliphatic carbocycles. The Morgan fingerprint density at radius 2 is 2.25 bits per heavy atom. The van der Waals surface area contributed by atoms with E-state index in [1.165, 1.54) is 11.3 Å². The van der Waals surface area contributed by atoms with Gasteiger partial charge in [0.1, 0.15) is 0 Å². The number of H-pyrrole nitrogens is 2. The van der Waals surface area contributed by atoms with Gasteiger partial charge in [0.15, 0.2) is 4.77 Å². The highest BCUT2D eigenvalue weighted by Crippen LogP contribution is 2.22. The Bertz CT molecular complexity index is 627. The van der Waals surface area contributed by atoms with Crippen LogP contribution in [0.2, 0.25) is 0 Å². The summed E-state index contributed by atoms with van der Waals surface area (Å²) in [6.07, 6.45) is 1.56. The predicted molar refractivity (Wildman–Crippen MR) is 60.2 cm³/mol. The lowest BCUT2D eigenvalue weighted by Crippen LogP contribution is -2.06. The van der Waals surface area contributed by atoms with Crippen LogP contribution in [0.4, 0.5) is 10.8 Å². The highest BCUT2D eigenvalue weighted by Gasteiger charge is 2.06. The molecule has 82 valence electrons. The van der Waals surface area contributed by atoms with Gasteiger partial charge in [0.2, 0.25) is 16.7 Å². The fourth-order valence-electron chi connectivity index (χ4n) is 0.919. The summed E-state index contributed by atoms with van der Waals surface area (Å²) < 4.78 is 0.0238. The van der Waals surface area contributed by atoms with Crippen molar-refractivity contribution in [3.63, 3.8) is 0 Å². The van der Waals surface area contributed by atoms with Gasteiger partial charge in [-0.25, -0.2) is 4.98 Å². The van der Waals surface area contributed by atoms with Crippen molar-refractivity contribution in [2.24, 2.45) is 10.2 Å². The van der Waals surface area contributed by atoms with Crippen LogP contribution in [0.25, 0.3) is 0 Å². The van der Waals surface area contributed by atoms with E-state index < -0.39 is 11.4 Å². The zero-order valence-corrected chi connectivity index (χ0v) is 9.30. The normalized spacial score (nSPS) is 11.0. The highest BCUT2D eigenvalue weighted by molar-refractivity contribution is 7.71. The fraction of sp³-hybridized carbons (Fsp3) is 0. The molecule has 2 aromatic heterocycles. The third kappa shape index (κ3) is 2.20. The topological polar surface area (TPSA) is 106 Å². The molecule has 0 aliphatic rings. The van der Waals surface area contributed by atoms with Crippen molar-refractivity contribution in [2.45, 2.75) is 0 Å². The number of rotatable bonds is 2. The number of azo groups is 1. The van der Waals surface area contributed by atoms with Gasteiger partial charge in [-0.1, -0.05) is 0 Å². The monoisotopic (exact) mass is 255 g/mol. The van der Waals surface area contributed by atoms with Crippen molar-refractivity contribution < 1.29 is 5.11 Å². The standard InChI is InChI=1S/C7H5N5O2S2/c13-4-3(5(14)10-6(15)9-4)11-12-7-8-1-2-16-7/h1-2H,(H3,9,10,13,14,15). The maximum atomic E-state index is 11.3. The molecule has 0 bridgehead atoms. The number of hydrogen-bond acceptors (Lipinski definition) is 7. The number of aromatic hydroxyl groups is 1. The molecule has 0 spiro atoms. The maximum Gasteiger partial charge on any atom is 0.283 e. The van der Waals surface area contributed by atoms with E-state index in [9.17, 15) is 9.90 Å². The van der Waals surface area contributed by atoms with Gasteiger partial charge in [0.05, 0.1) is 0 Å². The molecule has 9 heteroatoms. The molecule has 7 nitrogen and oxygen atoms in total. The van der Waals surface area contributed by atoms with E-state index >= 15 is 0 Å². The summed E-state index contributed by atoms with van der Waals surface area (Å²) in [5, 5.41) is 18.8. The van der Waals surface area contributed by atoms with Crippen molar-refractivity contribution in [2.75, 3.05) is 0 Å². The second kappa shape index (κ2) is 4.33. The molecule has 0 saturated heterocycles. The van der Waals surface area contributed by atoms with Gasteiger partial charge in [-0.05, 0) is 12.2 Å². The first kappa shape index (κ1) is 10.6. The van der Waals surface area contributed by atoms with Crippen LogP contribution in [0.5, 0.6) is 5.88 Å². The van der Waals surface area contributed by atoms with Gasteiger partial charge < -0.3 is 10.1 Å². The molecule has 2 rings (SSSR count). The average Bonchev–Trinajstić information content (AvgIpc) is 2.68. The number of aromatic nitrogens is 3. The molecule has 3 N–H and O–H groups in total. The molecular weight excluding hydrogens is 250 g/mol. The van der Waals surface area contributed by atoms with E-state index in [-0.39, 0.29) is 10.5 Å². The lowest BCUT2D eigenvalue weighted by atomic mass is 10.5. The third-order valence-corrected chi connectivity index (χ3v) is 2.41. The zero-order valence-electron chi connectivity index (χ0n) is 7.67. The van der Waals surface area contributed by atoms with Crippen LogP contribution in [-0.4, -0.2) is 20.1 Å². The van der Waals surface area contributed by atoms with E-state index in [0.29, 0.717) is 5.13 Å². The van der Waals surface area contributed by atoms with Crippen LogP contribution in [0.1, 0.15) is 0 Å². The van der Waals surface area contributed by atoms with Gasteiger partial charge in [-0.2, -0.15) is 0 Å². The van der Waals surface area contributed by atoms with Crippen LogP contribution in [0.3, 0.4) is 0 Å². The molecule has 2 aromatic rings. The molecule has 0 fully saturated rings. The molecule has 0 aliphatic heterocycles. The summed E-state index contributed by atoms with van der Waals surface area (Å²) in [6, 6.07) is 0. The van der Waals surface area contributed by atoms with E-state index in [1.54, 1.807) is 11.6 Å². The summed E-state index contributed by atoms with van der Waals surface area (Å²) >= 11 is 5.92. The number of nitrogens with zero attached hydrogens (tertiary/aromatic N) is 3. The molecular formula is C7H5N5O2S2. The zero-order chi connectivity index (χ0) is 11.5. The van der Waals surface area contributed by atoms with Crippen molar-refractivity contribution in [3.05, 3.63) is 26.7 Å². The molecule has 16 heavy (non-hydrogen) atoms. The smallest absolute Gasteiger partial charge is 0.283 e. The molecule has 0 amide bonds. The van der Waals surface area contributed by atoms with Crippen molar-refractivity contribution in [3.8, 4) is 5.88 Å². The average molecular weight is 255 g/mol. The van der Waals surface area contributed by atoms with Crippen molar-refractivity contribution in [1.29, 1.82) is 0 Å². The van der Waals surface area contributed by atoms with Crippen molar-refractivity contribution in [1.82, 2.24) is 15.0 Å². The molecule has 0 aromatic carbocycles. The second-order valence-corrected chi connectivity index (χ2v) is 3.90. The Morgan fingerprint density at radius 3 is 2.88 bits per heavy atom. The summed E-state index contributed by atoms with van der Waals surface area (Å²) in [4.78, 5) is 19.8. The maximum absolute atomic E-state index is 11.3. The van der Waals surface area contributed by atoms with E-state index in [0.717, 1.165) is 0 Å². The van der Waals surface area contributed by atoms with Crippen LogP contribution in [0, 0.1) is 4.77 Å². The predicted octanol–water partition coefficient (Wildman–Crippen LogP) is 2.01. The summed E-state index contributed by atoms with van der Waals surface area (Å²) in [7, 11) is 0. The lowest BCUT2D eigenvalue weighted by molar-refractivity contribution is 0.451. The van der Waals surface area contributed by atoms with Gasteiger partial charge in [0, 0.05) is 11.6 Å². The van der Waals surface area contributed by atoms with Gasteiger partial charge in [-0.3, -0.25) is 9.78 Å². The minimum Gasteiger partial charge on any atom is -0.493 e. The SMILES string of the molecule is O=c1[nH]c(=S)[nH]c(O)c1N=Nc1nccs1. The number of thiazole rings is 1. The minimum atomic E-state index is -0.610. The first-order valence-corrected chi connectivity index (χ1v) is 5.32. The Balaban J connectivity index is 2.43. The number of nitrogens with one attached hydrogen (secondary N) is 2. The third-order valence-electron chi connectivity index (χ3n) is 1.55.